The van der Waals surface area contributed by atoms with E-state index in [0.717, 1.165) is 44.0 Å². The van der Waals surface area contributed by atoms with E-state index in [2.05, 4.69) is 11.8 Å². The molecule has 3 rings (SSSR count). The van der Waals surface area contributed by atoms with Crippen LogP contribution in [0.3, 0.4) is 0 Å². The molecule has 148 valence electrons. The molecule has 4 nitrogen and oxygen atoms in total. The van der Waals surface area contributed by atoms with E-state index >= 15 is 0 Å². The fraction of sp³-hybridized carbons (Fsp3) is 0.348. The Bertz CT molecular complexity index is 771. The molecule has 0 saturated carbocycles. The van der Waals surface area contributed by atoms with E-state index in [4.69, 9.17) is 4.74 Å². The summed E-state index contributed by atoms with van der Waals surface area (Å²) in [5.41, 5.74) is 1.90. The second-order valence-corrected chi connectivity index (χ2v) is 7.10. The van der Waals surface area contributed by atoms with E-state index in [1.807, 2.05) is 35.2 Å². The molecule has 0 spiro atoms. The molecule has 0 N–H and O–H groups in total. The van der Waals surface area contributed by atoms with Crippen molar-refractivity contribution in [2.75, 3.05) is 32.8 Å². The summed E-state index contributed by atoms with van der Waals surface area (Å²) in [5.74, 6) is -0.331. The summed E-state index contributed by atoms with van der Waals surface area (Å²) in [7, 11) is 0. The first-order valence-corrected chi connectivity index (χ1v) is 9.70. The van der Waals surface area contributed by atoms with Gasteiger partial charge in [-0.1, -0.05) is 42.5 Å². The first-order valence-electron chi connectivity index (χ1n) is 9.70. The Morgan fingerprint density at radius 1 is 1.14 bits per heavy atom. The van der Waals surface area contributed by atoms with Gasteiger partial charge < -0.3 is 9.64 Å². The van der Waals surface area contributed by atoms with Gasteiger partial charge in [-0.3, -0.25) is 9.69 Å². The molecule has 0 radical (unpaired) electrons. The van der Waals surface area contributed by atoms with Crippen LogP contribution in [0.5, 0.6) is 0 Å². The molecule has 1 fully saturated rings. The number of benzene rings is 2. The summed E-state index contributed by atoms with van der Waals surface area (Å²) in [6, 6.07) is 16.2. The molecular weight excluding hydrogens is 355 g/mol. The van der Waals surface area contributed by atoms with Gasteiger partial charge in [0.15, 0.2) is 0 Å². The summed E-state index contributed by atoms with van der Waals surface area (Å²) in [5, 5.41) is 0. The minimum atomic E-state index is -0.284. The van der Waals surface area contributed by atoms with Gasteiger partial charge in [-0.15, -0.1) is 0 Å². The van der Waals surface area contributed by atoms with Crippen LogP contribution in [0.2, 0.25) is 0 Å². The smallest absolute Gasteiger partial charge is 0.247 e. The normalized spacial score (nSPS) is 16.2. The van der Waals surface area contributed by atoms with E-state index < -0.39 is 0 Å². The van der Waals surface area contributed by atoms with Crippen molar-refractivity contribution in [1.29, 1.82) is 0 Å². The summed E-state index contributed by atoms with van der Waals surface area (Å²) >= 11 is 0. The van der Waals surface area contributed by atoms with Crippen molar-refractivity contribution in [3.63, 3.8) is 0 Å². The topological polar surface area (TPSA) is 32.8 Å². The Hall–Kier alpha value is -2.50. The minimum absolute atomic E-state index is 0.0473. The highest BCUT2D eigenvalue weighted by molar-refractivity contribution is 5.92. The van der Waals surface area contributed by atoms with E-state index in [1.54, 1.807) is 24.3 Å². The van der Waals surface area contributed by atoms with Crippen molar-refractivity contribution < 1.29 is 13.9 Å². The zero-order valence-corrected chi connectivity index (χ0v) is 16.3. The van der Waals surface area contributed by atoms with Crippen LogP contribution >= 0.6 is 0 Å². The molecule has 1 aliphatic heterocycles. The van der Waals surface area contributed by atoms with Gasteiger partial charge in [-0.2, -0.15) is 0 Å². The van der Waals surface area contributed by atoms with Crippen molar-refractivity contribution in [2.24, 2.45) is 0 Å². The highest BCUT2D eigenvalue weighted by Crippen LogP contribution is 2.13. The summed E-state index contributed by atoms with van der Waals surface area (Å²) in [6.45, 7) is 6.72. The van der Waals surface area contributed by atoms with Crippen LogP contribution < -0.4 is 0 Å². The van der Waals surface area contributed by atoms with Gasteiger partial charge in [-0.05, 0) is 36.3 Å². The fourth-order valence-electron chi connectivity index (χ4n) is 3.32. The Morgan fingerprint density at radius 3 is 2.50 bits per heavy atom. The molecule has 1 aliphatic rings. The largest absolute Gasteiger partial charge is 0.379 e. The van der Waals surface area contributed by atoms with Crippen LogP contribution in [0.1, 0.15) is 18.1 Å². The number of rotatable bonds is 7. The SMILES string of the molecule is CC(CN1CCOCC1)N(Cc1ccccc1)C(=O)/C=C/c1ccc(F)cc1. The first kappa shape index (κ1) is 20.2. The number of hydrogen-bond donors (Lipinski definition) is 0. The van der Waals surface area contributed by atoms with Gasteiger partial charge in [0, 0.05) is 38.3 Å². The molecule has 1 heterocycles. The van der Waals surface area contributed by atoms with Gasteiger partial charge in [-0.25, -0.2) is 4.39 Å². The van der Waals surface area contributed by atoms with Crippen LogP contribution in [-0.2, 0) is 16.1 Å². The Kier molecular flexibility index (Phi) is 7.34. The quantitative estimate of drug-likeness (QED) is 0.686. The molecule has 2 aromatic rings. The molecule has 2 aromatic carbocycles. The van der Waals surface area contributed by atoms with E-state index in [9.17, 15) is 9.18 Å². The van der Waals surface area contributed by atoms with Crippen molar-refractivity contribution >= 4 is 12.0 Å². The predicted molar refractivity (Wildman–Crippen MR) is 109 cm³/mol. The van der Waals surface area contributed by atoms with Crippen LogP contribution in [0.25, 0.3) is 6.08 Å². The van der Waals surface area contributed by atoms with Crippen LogP contribution in [0, 0.1) is 5.82 Å². The van der Waals surface area contributed by atoms with E-state index in [0.29, 0.717) is 6.54 Å². The molecule has 0 bridgehead atoms. The number of ether oxygens (including phenoxy) is 1. The van der Waals surface area contributed by atoms with Crippen molar-refractivity contribution in [1.82, 2.24) is 9.80 Å². The van der Waals surface area contributed by atoms with Crippen molar-refractivity contribution in [3.05, 3.63) is 77.6 Å². The number of hydrogen-bond acceptors (Lipinski definition) is 3. The Labute approximate surface area is 166 Å². The third-order valence-corrected chi connectivity index (χ3v) is 4.93. The third-order valence-electron chi connectivity index (χ3n) is 4.93. The zero-order chi connectivity index (χ0) is 19.8. The number of carbonyl (C=O) groups is 1. The molecule has 1 amide bonds. The molecule has 5 heteroatoms. The highest BCUT2D eigenvalue weighted by atomic mass is 19.1. The summed E-state index contributed by atoms with van der Waals surface area (Å²) in [6.07, 6.45) is 3.31. The highest BCUT2D eigenvalue weighted by Gasteiger charge is 2.22. The zero-order valence-electron chi connectivity index (χ0n) is 16.3. The summed E-state index contributed by atoms with van der Waals surface area (Å²) in [4.78, 5) is 17.2. The first-order chi connectivity index (χ1) is 13.6. The number of carbonyl (C=O) groups excluding carboxylic acids is 1. The maximum atomic E-state index is 13.1. The van der Waals surface area contributed by atoms with E-state index in [1.165, 1.54) is 12.1 Å². The Morgan fingerprint density at radius 2 is 1.82 bits per heavy atom. The lowest BCUT2D eigenvalue weighted by molar-refractivity contribution is -0.129. The van der Waals surface area contributed by atoms with Gasteiger partial charge >= 0.3 is 0 Å². The third kappa shape index (κ3) is 6.01. The lowest BCUT2D eigenvalue weighted by Crippen LogP contribution is -2.47. The van der Waals surface area contributed by atoms with Crippen LogP contribution in [0.4, 0.5) is 4.39 Å². The average molecular weight is 382 g/mol. The van der Waals surface area contributed by atoms with Gasteiger partial charge in [0.25, 0.3) is 0 Å². The molecule has 1 unspecified atom stereocenters. The number of halogens is 1. The van der Waals surface area contributed by atoms with Crippen molar-refractivity contribution in [2.45, 2.75) is 19.5 Å². The van der Waals surface area contributed by atoms with Gasteiger partial charge in [0.2, 0.25) is 5.91 Å². The fourth-order valence-corrected chi connectivity index (χ4v) is 3.32. The maximum absolute atomic E-state index is 13.1. The van der Waals surface area contributed by atoms with Crippen LogP contribution in [-0.4, -0.2) is 54.6 Å². The van der Waals surface area contributed by atoms with Gasteiger partial charge in [0.05, 0.1) is 13.2 Å². The van der Waals surface area contributed by atoms with Crippen LogP contribution in [0.15, 0.2) is 60.7 Å². The number of amides is 1. The molecular formula is C23H27FN2O2. The van der Waals surface area contributed by atoms with Gasteiger partial charge in [0.1, 0.15) is 5.82 Å². The number of nitrogens with zero attached hydrogens (tertiary/aromatic N) is 2. The second kappa shape index (κ2) is 10.2. The lowest BCUT2D eigenvalue weighted by atomic mass is 10.1. The van der Waals surface area contributed by atoms with Crippen molar-refractivity contribution in [3.8, 4) is 0 Å². The monoisotopic (exact) mass is 382 g/mol. The molecule has 1 atom stereocenters. The standard InChI is InChI=1S/C23H27FN2O2/c1-19(17-25-13-15-28-16-14-25)26(18-21-5-3-2-4-6-21)23(27)12-9-20-7-10-22(24)11-8-20/h2-12,19H,13-18H2,1H3/b12-9+. The second-order valence-electron chi connectivity index (χ2n) is 7.10. The Balaban J connectivity index is 1.71. The number of morpholine rings is 1. The average Bonchev–Trinajstić information content (AvgIpc) is 2.73. The maximum Gasteiger partial charge on any atom is 0.247 e. The molecule has 0 aromatic heterocycles. The molecule has 0 aliphatic carbocycles. The minimum Gasteiger partial charge on any atom is -0.379 e. The lowest BCUT2D eigenvalue weighted by Gasteiger charge is -2.34. The molecule has 1 saturated heterocycles. The molecule has 28 heavy (non-hydrogen) atoms. The summed E-state index contributed by atoms with van der Waals surface area (Å²) < 4.78 is 18.5. The van der Waals surface area contributed by atoms with E-state index in [-0.39, 0.29) is 17.8 Å². The predicted octanol–water partition coefficient (Wildman–Crippen LogP) is 3.59.